The number of carboxylic acid groups (broad SMARTS) is 1. The Kier molecular flexibility index (Phi) is 10.1. The Hall–Kier alpha value is -5.04. The monoisotopic (exact) mass is 632 g/mol. The Bertz CT molecular complexity index is 1570. The molecule has 0 saturated carbocycles. The summed E-state index contributed by atoms with van der Waals surface area (Å²) in [6.07, 6.45) is 2.60. The maximum atomic E-state index is 13.5. The molecule has 2 fully saturated rings. The first-order valence-corrected chi connectivity index (χ1v) is 15.1. The first-order chi connectivity index (χ1) is 22.1. The van der Waals surface area contributed by atoms with Crippen molar-refractivity contribution in [2.45, 2.75) is 38.4 Å². The third-order valence-corrected chi connectivity index (χ3v) is 8.23. The van der Waals surface area contributed by atoms with Crippen LogP contribution in [0.5, 0.6) is 0 Å². The largest absolute Gasteiger partial charge is 0.481 e. The zero-order chi connectivity index (χ0) is 32.8. The van der Waals surface area contributed by atoms with Crippen molar-refractivity contribution < 1.29 is 33.4 Å². The number of hydrogen-bond acceptors (Lipinski definition) is 7. The molecule has 0 aliphatic carbocycles. The Morgan fingerprint density at radius 1 is 0.935 bits per heavy atom. The second kappa shape index (κ2) is 14.4. The lowest BCUT2D eigenvalue weighted by molar-refractivity contribution is -0.137. The van der Waals surface area contributed by atoms with Crippen LogP contribution in [0.1, 0.15) is 52.6 Å². The fraction of sp³-hybridized carbons (Fsp3) is 0.364. The molecule has 0 radical (unpaired) electrons. The number of ether oxygens (including phenoxy) is 1. The zero-order valence-corrected chi connectivity index (χ0v) is 25.7. The molecule has 242 valence electrons. The summed E-state index contributed by atoms with van der Waals surface area (Å²) < 4.78 is 18.9. The molecule has 3 aromatic rings. The summed E-state index contributed by atoms with van der Waals surface area (Å²) in [6, 6.07) is 12.1. The van der Waals surface area contributed by atoms with Gasteiger partial charge in [-0.3, -0.25) is 19.4 Å². The highest BCUT2D eigenvalue weighted by atomic mass is 19.1. The van der Waals surface area contributed by atoms with E-state index < -0.39 is 36.1 Å². The number of carboxylic acids is 1. The fourth-order valence-electron chi connectivity index (χ4n) is 5.75. The van der Waals surface area contributed by atoms with Crippen molar-refractivity contribution in [2.75, 3.05) is 49.6 Å². The summed E-state index contributed by atoms with van der Waals surface area (Å²) in [5.41, 5.74) is 2.03. The second-order valence-electron chi connectivity index (χ2n) is 11.5. The average molecular weight is 633 g/mol. The zero-order valence-electron chi connectivity index (χ0n) is 25.7. The molecule has 2 aliphatic rings. The minimum Gasteiger partial charge on any atom is -0.481 e. The van der Waals surface area contributed by atoms with Crippen LogP contribution >= 0.6 is 0 Å². The smallest absolute Gasteiger partial charge is 0.320 e. The van der Waals surface area contributed by atoms with Gasteiger partial charge in [-0.25, -0.2) is 9.18 Å². The molecule has 2 aliphatic heterocycles. The van der Waals surface area contributed by atoms with Gasteiger partial charge >= 0.3 is 12.0 Å². The first-order valence-electron chi connectivity index (χ1n) is 15.1. The Balaban J connectivity index is 1.42. The van der Waals surface area contributed by atoms with Crippen LogP contribution in [-0.4, -0.2) is 95.2 Å². The Morgan fingerprint density at radius 3 is 2.30 bits per heavy atom. The van der Waals surface area contributed by atoms with E-state index in [0.29, 0.717) is 61.9 Å². The van der Waals surface area contributed by atoms with Crippen LogP contribution in [0.15, 0.2) is 67.0 Å². The van der Waals surface area contributed by atoms with Crippen molar-refractivity contribution in [3.63, 3.8) is 0 Å². The summed E-state index contributed by atoms with van der Waals surface area (Å²) in [6.45, 7) is 7.02. The van der Waals surface area contributed by atoms with Gasteiger partial charge in [-0.15, -0.1) is 0 Å². The van der Waals surface area contributed by atoms with E-state index in [2.05, 4.69) is 20.5 Å². The lowest BCUT2D eigenvalue weighted by Crippen LogP contribution is -2.61. The summed E-state index contributed by atoms with van der Waals surface area (Å²) in [5.74, 6) is -2.59. The minimum atomic E-state index is -1.13. The third kappa shape index (κ3) is 7.60. The van der Waals surface area contributed by atoms with E-state index in [-0.39, 0.29) is 23.7 Å². The second-order valence-corrected chi connectivity index (χ2v) is 11.5. The molecule has 13 heteroatoms. The number of urea groups is 1. The van der Waals surface area contributed by atoms with Crippen LogP contribution in [0.3, 0.4) is 0 Å². The number of pyridine rings is 1. The highest BCUT2D eigenvalue weighted by molar-refractivity contribution is 6.07. The molecule has 3 atom stereocenters. The number of carbonyl (C=O) groups is 4. The number of nitrogens with one attached hydrogen (secondary N) is 2. The highest BCUT2D eigenvalue weighted by Crippen LogP contribution is 2.33. The van der Waals surface area contributed by atoms with E-state index in [4.69, 9.17) is 4.74 Å². The van der Waals surface area contributed by atoms with E-state index in [1.165, 1.54) is 36.7 Å². The number of amides is 4. The SMILES string of the molecule is CC1CN(c2ccc(C(=O)NC(CC(=O)O)c3ccc(F)cc3)cc2NC(=O)c2ccncc2)C(C)CN1C(=O)N1CCOCC1. The van der Waals surface area contributed by atoms with Crippen LogP contribution in [-0.2, 0) is 9.53 Å². The molecule has 3 unspecified atom stereocenters. The van der Waals surface area contributed by atoms with Gasteiger partial charge in [0, 0.05) is 61.8 Å². The number of halogens is 1. The van der Waals surface area contributed by atoms with Crippen LogP contribution in [0.2, 0.25) is 0 Å². The fourth-order valence-corrected chi connectivity index (χ4v) is 5.75. The summed E-state index contributed by atoms with van der Waals surface area (Å²) in [5, 5.41) is 15.2. The minimum absolute atomic E-state index is 0.0300. The molecular weight excluding hydrogens is 595 g/mol. The first kappa shape index (κ1) is 32.4. The third-order valence-electron chi connectivity index (χ3n) is 8.23. The molecule has 2 saturated heterocycles. The summed E-state index contributed by atoms with van der Waals surface area (Å²) >= 11 is 0. The van der Waals surface area contributed by atoms with E-state index in [1.807, 2.05) is 18.7 Å². The number of anilines is 2. The van der Waals surface area contributed by atoms with Crippen LogP contribution in [0.4, 0.5) is 20.6 Å². The Morgan fingerprint density at radius 2 is 1.63 bits per heavy atom. The van der Waals surface area contributed by atoms with Gasteiger partial charge in [0.05, 0.1) is 37.1 Å². The predicted octanol–water partition coefficient (Wildman–Crippen LogP) is 3.77. The lowest BCUT2D eigenvalue weighted by atomic mass is 10.0. The molecule has 2 aromatic carbocycles. The summed E-state index contributed by atoms with van der Waals surface area (Å²) in [7, 11) is 0. The number of aromatic nitrogens is 1. The molecule has 12 nitrogen and oxygen atoms in total. The quantitative estimate of drug-likeness (QED) is 0.341. The molecule has 0 bridgehead atoms. The molecule has 3 heterocycles. The molecule has 5 rings (SSSR count). The van der Waals surface area contributed by atoms with Crippen LogP contribution in [0, 0.1) is 5.82 Å². The van der Waals surface area contributed by atoms with Gasteiger partial charge < -0.3 is 35.2 Å². The van der Waals surface area contributed by atoms with E-state index >= 15 is 0 Å². The van der Waals surface area contributed by atoms with Gasteiger partial charge in [-0.2, -0.15) is 0 Å². The lowest BCUT2D eigenvalue weighted by Gasteiger charge is -2.47. The van der Waals surface area contributed by atoms with Crippen molar-refractivity contribution in [1.29, 1.82) is 0 Å². The number of benzene rings is 2. The van der Waals surface area contributed by atoms with E-state index in [1.54, 1.807) is 35.2 Å². The molecule has 0 spiro atoms. The Labute approximate surface area is 266 Å². The number of carbonyl (C=O) groups excluding carboxylic acids is 3. The van der Waals surface area contributed by atoms with Crippen LogP contribution in [0.25, 0.3) is 0 Å². The van der Waals surface area contributed by atoms with Crippen molar-refractivity contribution >= 4 is 35.2 Å². The normalized spacial score (nSPS) is 18.9. The molecule has 4 amide bonds. The molecular formula is C33H37FN6O6. The summed E-state index contributed by atoms with van der Waals surface area (Å²) in [4.78, 5) is 61.4. The van der Waals surface area contributed by atoms with Crippen molar-refractivity contribution in [3.05, 3.63) is 89.5 Å². The van der Waals surface area contributed by atoms with E-state index in [0.717, 1.165) is 0 Å². The highest BCUT2D eigenvalue weighted by Gasteiger charge is 2.36. The number of nitrogens with zero attached hydrogens (tertiary/aromatic N) is 4. The van der Waals surface area contributed by atoms with Gasteiger partial charge in [-0.1, -0.05) is 12.1 Å². The number of hydrogen-bond donors (Lipinski definition) is 3. The van der Waals surface area contributed by atoms with Gasteiger partial charge in [0.2, 0.25) is 0 Å². The van der Waals surface area contributed by atoms with Crippen molar-refractivity contribution in [3.8, 4) is 0 Å². The van der Waals surface area contributed by atoms with Gasteiger partial charge in [0.15, 0.2) is 0 Å². The molecule has 46 heavy (non-hydrogen) atoms. The molecule has 3 N–H and O–H groups in total. The van der Waals surface area contributed by atoms with Gasteiger partial charge in [-0.05, 0) is 61.9 Å². The maximum Gasteiger partial charge on any atom is 0.320 e. The van der Waals surface area contributed by atoms with Crippen LogP contribution < -0.4 is 15.5 Å². The number of aliphatic carboxylic acids is 1. The molecule has 1 aromatic heterocycles. The standard InChI is InChI=1S/C33H37FN6O6/c1-21-20-40(33(45)38-13-15-46-16-14-38)22(2)19-39(21)29-8-5-25(17-28(29)37-31(43)24-9-11-35-12-10-24)32(44)36-27(18-30(41)42)23-3-6-26(34)7-4-23/h3-12,17,21-22,27H,13-16,18-20H2,1-2H3,(H,36,44)(H,37,43)(H,41,42). The number of morpholine rings is 1. The van der Waals surface area contributed by atoms with Gasteiger partial charge in [0.25, 0.3) is 11.8 Å². The van der Waals surface area contributed by atoms with Crippen molar-refractivity contribution in [2.24, 2.45) is 0 Å². The predicted molar refractivity (Wildman–Crippen MR) is 168 cm³/mol. The number of rotatable bonds is 8. The van der Waals surface area contributed by atoms with Crippen molar-refractivity contribution in [1.82, 2.24) is 20.1 Å². The van der Waals surface area contributed by atoms with Gasteiger partial charge in [0.1, 0.15) is 5.82 Å². The maximum absolute atomic E-state index is 13.5. The topological polar surface area (TPSA) is 144 Å². The van der Waals surface area contributed by atoms with E-state index in [9.17, 15) is 28.7 Å². The number of piperazine rings is 1. The average Bonchev–Trinajstić information content (AvgIpc) is 3.06.